The number of nitrogens with zero attached hydrogens (tertiary/aromatic N) is 3. The highest BCUT2D eigenvalue weighted by molar-refractivity contribution is 5.63. The smallest absolute Gasteiger partial charge is 0.137 e. The molecule has 0 spiro atoms. The van der Waals surface area contributed by atoms with Crippen molar-refractivity contribution in [3.63, 3.8) is 0 Å². The van der Waals surface area contributed by atoms with Crippen LogP contribution in [0.15, 0.2) is 48.9 Å². The molecular weight excluding hydrogens is 212 g/mol. The number of pyridine rings is 2. The van der Waals surface area contributed by atoms with Gasteiger partial charge in [-0.1, -0.05) is 6.07 Å². The average molecular weight is 224 g/mol. The highest BCUT2D eigenvalue weighted by Gasteiger charge is 2.04. The maximum absolute atomic E-state index is 4.40. The lowest BCUT2D eigenvalue weighted by Gasteiger charge is -2.06. The quantitative estimate of drug-likeness (QED) is 0.727. The van der Waals surface area contributed by atoms with Crippen molar-refractivity contribution in [2.45, 2.75) is 0 Å². The Morgan fingerprint density at radius 3 is 2.94 bits per heavy atom. The number of fused-ring (bicyclic) bond motifs is 1. The third-order valence-electron chi connectivity index (χ3n) is 2.74. The summed E-state index contributed by atoms with van der Waals surface area (Å²) in [6.07, 6.45) is 5.54. The van der Waals surface area contributed by atoms with Crippen LogP contribution < -0.4 is 5.32 Å². The minimum absolute atomic E-state index is 0.930. The first-order valence-corrected chi connectivity index (χ1v) is 5.45. The molecule has 0 atom stereocenters. The Bertz CT molecular complexity index is 657. The summed E-state index contributed by atoms with van der Waals surface area (Å²) in [7, 11) is 1.90. The van der Waals surface area contributed by atoms with Crippen molar-refractivity contribution in [1.29, 1.82) is 0 Å². The van der Waals surface area contributed by atoms with E-state index in [1.165, 1.54) is 0 Å². The Labute approximate surface area is 99.0 Å². The summed E-state index contributed by atoms with van der Waals surface area (Å²) in [5.74, 6) is 0. The van der Waals surface area contributed by atoms with E-state index in [4.69, 9.17) is 0 Å². The molecular formula is C13H12N4. The molecule has 4 nitrogen and oxygen atoms in total. The Hall–Kier alpha value is -2.36. The molecule has 0 aromatic carbocycles. The fourth-order valence-electron chi connectivity index (χ4n) is 1.88. The molecule has 17 heavy (non-hydrogen) atoms. The normalized spacial score (nSPS) is 10.6. The fourth-order valence-corrected chi connectivity index (χ4v) is 1.88. The van der Waals surface area contributed by atoms with Crippen LogP contribution in [0.25, 0.3) is 17.0 Å². The molecule has 0 aliphatic rings. The summed E-state index contributed by atoms with van der Waals surface area (Å²) < 4.78 is 2.03. The van der Waals surface area contributed by atoms with Crippen LogP contribution in [0.2, 0.25) is 0 Å². The number of anilines is 1. The van der Waals surface area contributed by atoms with Crippen molar-refractivity contribution in [3.8, 4) is 11.4 Å². The van der Waals surface area contributed by atoms with Gasteiger partial charge in [-0.15, -0.1) is 0 Å². The molecule has 0 fully saturated rings. The molecule has 0 saturated heterocycles. The molecule has 4 heteroatoms. The third kappa shape index (κ3) is 1.63. The van der Waals surface area contributed by atoms with Crippen LogP contribution in [0.5, 0.6) is 0 Å². The van der Waals surface area contributed by atoms with Gasteiger partial charge in [0.25, 0.3) is 0 Å². The van der Waals surface area contributed by atoms with Crippen LogP contribution in [0.4, 0.5) is 5.69 Å². The predicted molar refractivity (Wildman–Crippen MR) is 68.0 cm³/mol. The zero-order valence-corrected chi connectivity index (χ0v) is 9.46. The molecule has 3 heterocycles. The summed E-state index contributed by atoms with van der Waals surface area (Å²) in [6.45, 7) is 0. The van der Waals surface area contributed by atoms with Gasteiger partial charge in [-0.25, -0.2) is 4.98 Å². The fraction of sp³-hybridized carbons (Fsp3) is 0.0769. The predicted octanol–water partition coefficient (Wildman–Crippen LogP) is 2.44. The van der Waals surface area contributed by atoms with Crippen LogP contribution in [0.3, 0.4) is 0 Å². The minimum atomic E-state index is 0.930. The summed E-state index contributed by atoms with van der Waals surface area (Å²) in [5, 5.41) is 3.11. The molecule has 1 N–H and O–H groups in total. The number of imidazole rings is 1. The third-order valence-corrected chi connectivity index (χ3v) is 2.74. The summed E-state index contributed by atoms with van der Waals surface area (Å²) >= 11 is 0. The molecule has 0 unspecified atom stereocenters. The van der Waals surface area contributed by atoms with Gasteiger partial charge in [0.1, 0.15) is 5.65 Å². The molecule has 0 saturated carbocycles. The standard InChI is InChI=1S/C13H12N4/c1-14-10-5-6-15-11(9-10)12-3-2-4-13-16-7-8-17(12)13/h2-9H,1H3,(H,14,15). The number of hydrogen-bond acceptors (Lipinski definition) is 3. The monoisotopic (exact) mass is 224 g/mol. The van der Waals surface area contributed by atoms with Crippen molar-refractivity contribution >= 4 is 11.3 Å². The number of rotatable bonds is 2. The first-order valence-electron chi connectivity index (χ1n) is 5.45. The van der Waals surface area contributed by atoms with Crippen molar-refractivity contribution in [2.24, 2.45) is 0 Å². The summed E-state index contributed by atoms with van der Waals surface area (Å²) in [4.78, 5) is 8.67. The Morgan fingerprint density at radius 1 is 1.12 bits per heavy atom. The molecule has 3 aromatic rings. The summed E-state index contributed by atoms with van der Waals surface area (Å²) in [5.41, 5.74) is 3.95. The van der Waals surface area contributed by atoms with Gasteiger partial charge in [0.2, 0.25) is 0 Å². The number of hydrogen-bond donors (Lipinski definition) is 1. The second-order valence-electron chi connectivity index (χ2n) is 3.75. The van der Waals surface area contributed by atoms with E-state index in [1.54, 1.807) is 12.4 Å². The van der Waals surface area contributed by atoms with Gasteiger partial charge in [-0.05, 0) is 24.3 Å². The second-order valence-corrected chi connectivity index (χ2v) is 3.75. The van der Waals surface area contributed by atoms with Crippen molar-refractivity contribution in [2.75, 3.05) is 12.4 Å². The lowest BCUT2D eigenvalue weighted by Crippen LogP contribution is -1.94. The topological polar surface area (TPSA) is 42.2 Å². The van der Waals surface area contributed by atoms with Crippen molar-refractivity contribution < 1.29 is 0 Å². The van der Waals surface area contributed by atoms with E-state index in [-0.39, 0.29) is 0 Å². The molecule has 0 amide bonds. The molecule has 0 aliphatic carbocycles. The van der Waals surface area contributed by atoms with E-state index >= 15 is 0 Å². The van der Waals surface area contributed by atoms with E-state index in [0.717, 1.165) is 22.7 Å². The molecule has 0 aliphatic heterocycles. The molecule has 0 bridgehead atoms. The van der Waals surface area contributed by atoms with Crippen LogP contribution in [0, 0.1) is 0 Å². The second kappa shape index (κ2) is 3.90. The van der Waals surface area contributed by atoms with E-state index < -0.39 is 0 Å². The van der Waals surface area contributed by atoms with E-state index in [0.29, 0.717) is 0 Å². The maximum Gasteiger partial charge on any atom is 0.137 e. The van der Waals surface area contributed by atoms with Gasteiger partial charge in [0.05, 0.1) is 11.4 Å². The Kier molecular flexibility index (Phi) is 2.26. The number of aromatic nitrogens is 3. The van der Waals surface area contributed by atoms with Gasteiger partial charge < -0.3 is 5.32 Å². The van der Waals surface area contributed by atoms with Gasteiger partial charge >= 0.3 is 0 Å². The first-order chi connectivity index (χ1) is 8.38. The Morgan fingerprint density at radius 2 is 2.06 bits per heavy atom. The Balaban J connectivity index is 2.23. The molecule has 3 rings (SSSR count). The SMILES string of the molecule is CNc1ccnc(-c2cccc3nccn23)c1. The number of nitrogens with one attached hydrogen (secondary N) is 1. The van der Waals surface area contributed by atoms with Gasteiger partial charge in [0.15, 0.2) is 0 Å². The van der Waals surface area contributed by atoms with Crippen LogP contribution in [-0.4, -0.2) is 21.4 Å². The van der Waals surface area contributed by atoms with E-state index in [2.05, 4.69) is 15.3 Å². The van der Waals surface area contributed by atoms with Crippen molar-refractivity contribution in [1.82, 2.24) is 14.4 Å². The zero-order valence-electron chi connectivity index (χ0n) is 9.46. The minimum Gasteiger partial charge on any atom is -0.388 e. The van der Waals surface area contributed by atoms with E-state index in [1.807, 2.05) is 48.0 Å². The molecule has 84 valence electrons. The average Bonchev–Trinajstić information content (AvgIpc) is 2.87. The lowest BCUT2D eigenvalue weighted by atomic mass is 10.2. The maximum atomic E-state index is 4.40. The lowest BCUT2D eigenvalue weighted by molar-refractivity contribution is 1.16. The highest BCUT2D eigenvalue weighted by atomic mass is 15.0. The zero-order chi connectivity index (χ0) is 11.7. The molecule has 0 radical (unpaired) electrons. The highest BCUT2D eigenvalue weighted by Crippen LogP contribution is 2.20. The van der Waals surface area contributed by atoms with Crippen molar-refractivity contribution in [3.05, 3.63) is 48.9 Å². The van der Waals surface area contributed by atoms with Crippen LogP contribution in [0.1, 0.15) is 0 Å². The van der Waals surface area contributed by atoms with Gasteiger partial charge in [0, 0.05) is 31.3 Å². The largest absolute Gasteiger partial charge is 0.388 e. The van der Waals surface area contributed by atoms with Gasteiger partial charge in [-0.2, -0.15) is 0 Å². The van der Waals surface area contributed by atoms with Crippen LogP contribution >= 0.6 is 0 Å². The van der Waals surface area contributed by atoms with Crippen LogP contribution in [-0.2, 0) is 0 Å². The van der Waals surface area contributed by atoms with E-state index in [9.17, 15) is 0 Å². The van der Waals surface area contributed by atoms with Gasteiger partial charge in [-0.3, -0.25) is 9.38 Å². The first kappa shape index (κ1) is 9.84. The molecule has 3 aromatic heterocycles. The summed E-state index contributed by atoms with van der Waals surface area (Å²) in [6, 6.07) is 9.97.